The van der Waals surface area contributed by atoms with Crippen LogP contribution in [0.1, 0.15) is 103 Å². The first-order valence-electron chi connectivity index (χ1n) is 25.9. The van der Waals surface area contributed by atoms with Crippen molar-refractivity contribution in [2.24, 2.45) is 0 Å². The number of pyridine rings is 4. The van der Waals surface area contributed by atoms with Gasteiger partial charge in [0, 0.05) is 99.3 Å². The Morgan fingerprint density at radius 2 is 0.773 bits per heavy atom. The van der Waals surface area contributed by atoms with Gasteiger partial charge >= 0.3 is 0 Å². The Kier molecular flexibility index (Phi) is 15.4. The van der Waals surface area contributed by atoms with Crippen LogP contribution in [0.5, 0.6) is 0 Å². The van der Waals surface area contributed by atoms with Crippen LogP contribution >= 0.6 is 0 Å². The minimum atomic E-state index is 0.397. The molecule has 0 saturated carbocycles. The minimum Gasteiger partial charge on any atom is -0.368 e. The molecule has 4 unspecified atom stereocenters. The molecule has 0 amide bonds. The van der Waals surface area contributed by atoms with Gasteiger partial charge < -0.3 is 30.2 Å². The highest BCUT2D eigenvalue weighted by molar-refractivity contribution is 5.48. The molecule has 4 atom stereocenters. The fourth-order valence-corrected chi connectivity index (χ4v) is 12.9. The summed E-state index contributed by atoms with van der Waals surface area (Å²) in [5, 5.41) is 7.44. The predicted octanol–water partition coefficient (Wildman–Crippen LogP) is 7.90. The molecule has 12 heterocycles. The van der Waals surface area contributed by atoms with Crippen LogP contribution in [0.15, 0.2) is 98.1 Å². The largest absolute Gasteiger partial charge is 0.368 e. The van der Waals surface area contributed by atoms with Gasteiger partial charge in [-0.3, -0.25) is 29.7 Å². The number of nitrogens with zero attached hydrogens (tertiary/aromatic N) is 10. The zero-order valence-electron chi connectivity index (χ0n) is 40.5. The molecule has 66 heavy (non-hydrogen) atoms. The summed E-state index contributed by atoms with van der Waals surface area (Å²) >= 11 is 0. The molecular weight excluding hydrogens is 817 g/mol. The molecule has 4 aromatic heterocycles. The van der Waals surface area contributed by atoms with E-state index in [1.807, 2.05) is 73.8 Å². The fraction of sp³-hybridized carbons (Fsp3) is 0.630. The number of piperidine rings is 4. The SMILES string of the molecule is CN1CCCC12CCCN(c1cccnc1)C2.CN1CCCCC12CCN(c1cccnc1)C2.c1cncc(N2CCC3(CCCCN3)C2)c1.c1cncc(N2CCCC3(CCCN3)C2)c1. The number of nitrogens with one attached hydrogen (secondary N) is 2. The molecule has 0 aliphatic carbocycles. The second-order valence-electron chi connectivity index (χ2n) is 21.1. The normalized spacial score (nSPS) is 30.0. The number of rotatable bonds is 4. The summed E-state index contributed by atoms with van der Waals surface area (Å²) < 4.78 is 0. The van der Waals surface area contributed by atoms with E-state index < -0.39 is 0 Å². The molecule has 0 bridgehead atoms. The van der Waals surface area contributed by atoms with Crippen LogP contribution in [-0.2, 0) is 0 Å². The van der Waals surface area contributed by atoms with E-state index in [0.29, 0.717) is 22.2 Å². The van der Waals surface area contributed by atoms with Gasteiger partial charge in [-0.15, -0.1) is 0 Å². The Hall–Kier alpha value is -4.36. The molecule has 8 saturated heterocycles. The van der Waals surface area contributed by atoms with Crippen LogP contribution in [0.4, 0.5) is 22.7 Å². The van der Waals surface area contributed by atoms with E-state index in [4.69, 9.17) is 0 Å². The van der Waals surface area contributed by atoms with Crippen molar-refractivity contribution in [2.45, 2.75) is 125 Å². The van der Waals surface area contributed by atoms with Crippen molar-refractivity contribution < 1.29 is 0 Å². The smallest absolute Gasteiger partial charge is 0.0553 e. The van der Waals surface area contributed by atoms with Crippen molar-refractivity contribution >= 4 is 22.7 Å². The number of likely N-dealkylation sites (tertiary alicyclic amines) is 2. The lowest BCUT2D eigenvalue weighted by Crippen LogP contribution is -2.54. The van der Waals surface area contributed by atoms with Crippen LogP contribution in [0.3, 0.4) is 0 Å². The first-order chi connectivity index (χ1) is 32.4. The monoisotopic (exact) mass is 897 g/mol. The Balaban J connectivity index is 0.000000111. The van der Waals surface area contributed by atoms with E-state index in [9.17, 15) is 0 Å². The molecule has 8 aliphatic rings. The third-order valence-corrected chi connectivity index (χ3v) is 16.9. The topological polar surface area (TPSA) is 95.1 Å². The average Bonchev–Trinajstić information content (AvgIpc) is 4.20. The van der Waals surface area contributed by atoms with Gasteiger partial charge in [0.2, 0.25) is 0 Å². The summed E-state index contributed by atoms with van der Waals surface area (Å²) in [7, 11) is 4.59. The molecule has 0 radical (unpaired) electrons. The summed E-state index contributed by atoms with van der Waals surface area (Å²) in [4.78, 5) is 32.0. The molecule has 4 spiro atoms. The number of likely N-dealkylation sites (N-methyl/N-ethyl adjacent to an activating group) is 2. The molecule has 8 aliphatic heterocycles. The molecule has 12 nitrogen and oxygen atoms in total. The summed E-state index contributed by atoms with van der Waals surface area (Å²) in [6, 6.07) is 16.8. The third kappa shape index (κ3) is 11.1. The van der Waals surface area contributed by atoms with E-state index in [2.05, 4.69) is 98.3 Å². The van der Waals surface area contributed by atoms with Gasteiger partial charge in [0.05, 0.1) is 47.5 Å². The fourth-order valence-electron chi connectivity index (χ4n) is 12.9. The molecule has 8 fully saturated rings. The molecule has 12 rings (SSSR count). The van der Waals surface area contributed by atoms with Crippen LogP contribution in [0.25, 0.3) is 0 Å². The van der Waals surface area contributed by atoms with Crippen LogP contribution < -0.4 is 30.2 Å². The van der Waals surface area contributed by atoms with Gasteiger partial charge in [0.25, 0.3) is 0 Å². The first-order valence-corrected chi connectivity index (χ1v) is 25.9. The zero-order valence-corrected chi connectivity index (χ0v) is 40.5. The highest BCUT2D eigenvalue weighted by Gasteiger charge is 2.44. The van der Waals surface area contributed by atoms with Crippen LogP contribution in [0, 0.1) is 0 Å². The average molecular weight is 897 g/mol. The van der Waals surface area contributed by atoms with Gasteiger partial charge in [0.1, 0.15) is 0 Å². The zero-order chi connectivity index (χ0) is 45.1. The molecule has 2 N–H and O–H groups in total. The number of hydrogen-bond donors (Lipinski definition) is 2. The highest BCUT2D eigenvalue weighted by Crippen LogP contribution is 2.39. The van der Waals surface area contributed by atoms with Gasteiger partial charge in [-0.1, -0.05) is 12.8 Å². The Morgan fingerprint density at radius 3 is 1.27 bits per heavy atom. The van der Waals surface area contributed by atoms with E-state index in [0.717, 1.165) is 13.1 Å². The first kappa shape index (κ1) is 46.7. The van der Waals surface area contributed by atoms with Crippen molar-refractivity contribution in [2.75, 3.05) is 112 Å². The van der Waals surface area contributed by atoms with Gasteiger partial charge in [-0.25, -0.2) is 0 Å². The number of anilines is 4. The lowest BCUT2D eigenvalue weighted by Gasteiger charge is -2.45. The Bertz CT molecular complexity index is 2030. The Morgan fingerprint density at radius 1 is 0.379 bits per heavy atom. The van der Waals surface area contributed by atoms with E-state index in [1.54, 1.807) is 0 Å². The number of aromatic nitrogens is 4. The lowest BCUT2D eigenvalue weighted by molar-refractivity contribution is 0.0928. The molecule has 12 heteroatoms. The van der Waals surface area contributed by atoms with Crippen molar-refractivity contribution in [3.63, 3.8) is 0 Å². The molecular formula is C54H80N12. The van der Waals surface area contributed by atoms with E-state index >= 15 is 0 Å². The van der Waals surface area contributed by atoms with Crippen molar-refractivity contribution in [1.82, 2.24) is 40.4 Å². The maximum Gasteiger partial charge on any atom is 0.0553 e. The number of hydrogen-bond acceptors (Lipinski definition) is 12. The maximum absolute atomic E-state index is 4.24. The van der Waals surface area contributed by atoms with Crippen molar-refractivity contribution in [3.8, 4) is 0 Å². The quantitative estimate of drug-likeness (QED) is 0.209. The summed E-state index contributed by atoms with van der Waals surface area (Å²) in [6.07, 6.45) is 36.8. The van der Waals surface area contributed by atoms with E-state index in [-0.39, 0.29) is 0 Å². The molecule has 4 aromatic rings. The molecule has 356 valence electrons. The summed E-state index contributed by atoms with van der Waals surface area (Å²) in [5.74, 6) is 0. The van der Waals surface area contributed by atoms with Crippen molar-refractivity contribution in [1.29, 1.82) is 0 Å². The summed E-state index contributed by atoms with van der Waals surface area (Å²) in [6.45, 7) is 14.3. The predicted molar refractivity (Wildman–Crippen MR) is 272 cm³/mol. The van der Waals surface area contributed by atoms with E-state index in [1.165, 1.54) is 191 Å². The second kappa shape index (κ2) is 21.7. The van der Waals surface area contributed by atoms with Crippen LogP contribution in [-0.4, -0.2) is 145 Å². The van der Waals surface area contributed by atoms with Crippen molar-refractivity contribution in [3.05, 3.63) is 98.1 Å². The Labute approximate surface area is 397 Å². The standard InChI is InChI=1S/2C14H21N3.2C13H19N3/c1-16-9-3-6-14(16)7-4-10-17(12-14)13-5-2-8-15-11-13;1-16-9-3-2-6-14(16)7-10-17(12-14)13-5-4-8-15-11-13;1-4-12(10-14-7-1)16-9-3-6-13(11-16)5-2-8-15-13;1-2-8-15-13(5-1)6-9-16(11-13)12-4-3-7-14-10-12/h2,5,8,11H,3-4,6-7,9-10,12H2,1H3;4-5,8,11H,2-3,6-7,9-10,12H2,1H3;1,4,7,10,15H,2-3,5-6,8-9,11H2;3-4,7,10,15H,1-2,5-6,8-9,11H2. The van der Waals surface area contributed by atoms with Gasteiger partial charge in [-0.2, -0.15) is 0 Å². The molecule has 0 aromatic carbocycles. The van der Waals surface area contributed by atoms with Crippen LogP contribution in [0.2, 0.25) is 0 Å². The van der Waals surface area contributed by atoms with Gasteiger partial charge in [0.15, 0.2) is 0 Å². The maximum atomic E-state index is 4.24. The second-order valence-corrected chi connectivity index (χ2v) is 21.1. The third-order valence-electron chi connectivity index (χ3n) is 16.9. The highest BCUT2D eigenvalue weighted by atomic mass is 15.3. The summed E-state index contributed by atoms with van der Waals surface area (Å²) in [5.41, 5.74) is 6.78. The van der Waals surface area contributed by atoms with Gasteiger partial charge in [-0.05, 0) is 179 Å². The lowest BCUT2D eigenvalue weighted by atomic mass is 9.86. The minimum absolute atomic E-state index is 0.397.